The Kier molecular flexibility index (Phi) is 11.8. The normalized spacial score (nSPS) is 18.7. The van der Waals surface area contributed by atoms with Crippen molar-refractivity contribution in [2.75, 3.05) is 63.9 Å². The van der Waals surface area contributed by atoms with Gasteiger partial charge in [-0.1, -0.05) is 13.0 Å². The summed E-state index contributed by atoms with van der Waals surface area (Å²) >= 11 is 0. The Morgan fingerprint density at radius 3 is 2.60 bits per heavy atom. The van der Waals surface area contributed by atoms with E-state index in [4.69, 9.17) is 9.73 Å². The third kappa shape index (κ3) is 8.55. The molecule has 2 saturated heterocycles. The lowest BCUT2D eigenvalue weighted by Crippen LogP contribution is -2.40. The van der Waals surface area contributed by atoms with Gasteiger partial charge in [0, 0.05) is 45.5 Å². The molecule has 0 bridgehead atoms. The van der Waals surface area contributed by atoms with Crippen LogP contribution in [-0.2, 0) is 11.3 Å². The summed E-state index contributed by atoms with van der Waals surface area (Å²) < 4.78 is 5.40. The van der Waals surface area contributed by atoms with Crippen LogP contribution in [-0.4, -0.2) is 74.9 Å². The summed E-state index contributed by atoms with van der Waals surface area (Å²) in [6.45, 7) is 14.0. The molecule has 1 aromatic rings. The molecule has 2 N–H and O–H groups in total. The number of nitrogens with zero attached hydrogens (tertiary/aromatic N) is 4. The van der Waals surface area contributed by atoms with Gasteiger partial charge in [-0.15, -0.1) is 24.0 Å². The topological polar surface area (TPSA) is 65.0 Å². The molecule has 0 aliphatic carbocycles. The molecule has 0 radical (unpaired) electrons. The predicted molar refractivity (Wildman–Crippen MR) is 135 cm³/mol. The SMILES string of the molecule is CCNC(=NCc1ccc(N2CCC(C)CC2)nc1)NCCCN1CCOCC1.I. The Bertz CT molecular complexity index is 613. The van der Waals surface area contributed by atoms with Crippen LogP contribution in [0.2, 0.25) is 0 Å². The van der Waals surface area contributed by atoms with Crippen LogP contribution in [0.3, 0.4) is 0 Å². The van der Waals surface area contributed by atoms with Crippen LogP contribution in [0.25, 0.3) is 0 Å². The highest BCUT2D eigenvalue weighted by molar-refractivity contribution is 14.0. The summed E-state index contributed by atoms with van der Waals surface area (Å²) in [6.07, 6.45) is 5.60. The summed E-state index contributed by atoms with van der Waals surface area (Å²) in [4.78, 5) is 14.3. The molecule has 3 heterocycles. The molecular weight excluding hydrogens is 491 g/mol. The number of aromatic nitrogens is 1. The molecule has 0 spiro atoms. The number of hydrogen-bond acceptors (Lipinski definition) is 5. The fourth-order valence-electron chi connectivity index (χ4n) is 3.78. The van der Waals surface area contributed by atoms with Gasteiger partial charge in [0.25, 0.3) is 0 Å². The van der Waals surface area contributed by atoms with Crippen molar-refractivity contribution in [2.45, 2.75) is 39.7 Å². The molecule has 0 aromatic carbocycles. The second kappa shape index (κ2) is 14.0. The lowest BCUT2D eigenvalue weighted by molar-refractivity contribution is 0.0376. The summed E-state index contributed by atoms with van der Waals surface area (Å²) in [6, 6.07) is 4.30. The maximum absolute atomic E-state index is 5.40. The first-order valence-electron chi connectivity index (χ1n) is 11.3. The number of ether oxygens (including phenoxy) is 1. The van der Waals surface area contributed by atoms with Crippen molar-refractivity contribution in [3.8, 4) is 0 Å². The summed E-state index contributed by atoms with van der Waals surface area (Å²) in [5, 5.41) is 6.79. The molecule has 0 atom stereocenters. The van der Waals surface area contributed by atoms with Crippen LogP contribution < -0.4 is 15.5 Å². The smallest absolute Gasteiger partial charge is 0.191 e. The minimum atomic E-state index is 0. The number of nitrogens with one attached hydrogen (secondary N) is 2. The van der Waals surface area contributed by atoms with Crippen LogP contribution in [0, 0.1) is 5.92 Å². The minimum Gasteiger partial charge on any atom is -0.379 e. The number of anilines is 1. The molecule has 170 valence electrons. The number of guanidine groups is 1. The van der Waals surface area contributed by atoms with Crippen LogP contribution in [0.15, 0.2) is 23.3 Å². The van der Waals surface area contributed by atoms with E-state index in [1.165, 1.54) is 12.8 Å². The second-order valence-electron chi connectivity index (χ2n) is 8.12. The molecule has 30 heavy (non-hydrogen) atoms. The molecule has 0 unspecified atom stereocenters. The fourth-order valence-corrected chi connectivity index (χ4v) is 3.78. The van der Waals surface area contributed by atoms with Crippen molar-refractivity contribution in [3.05, 3.63) is 23.9 Å². The highest BCUT2D eigenvalue weighted by Gasteiger charge is 2.16. The number of piperidine rings is 1. The zero-order valence-corrected chi connectivity index (χ0v) is 20.9. The summed E-state index contributed by atoms with van der Waals surface area (Å²) in [5.74, 6) is 2.81. The molecular formula is C22H39IN6O. The molecule has 8 heteroatoms. The zero-order valence-electron chi connectivity index (χ0n) is 18.6. The Hall–Kier alpha value is -1.13. The third-order valence-corrected chi connectivity index (χ3v) is 5.73. The van der Waals surface area contributed by atoms with Gasteiger partial charge >= 0.3 is 0 Å². The first-order chi connectivity index (χ1) is 14.2. The number of aliphatic imine (C=N–C) groups is 1. The fraction of sp³-hybridized carbons (Fsp3) is 0.727. The molecule has 0 amide bonds. The van der Waals surface area contributed by atoms with E-state index >= 15 is 0 Å². The Morgan fingerprint density at radius 1 is 1.17 bits per heavy atom. The van der Waals surface area contributed by atoms with Crippen LogP contribution in [0.4, 0.5) is 5.82 Å². The third-order valence-electron chi connectivity index (χ3n) is 5.73. The van der Waals surface area contributed by atoms with E-state index in [1.807, 2.05) is 6.20 Å². The van der Waals surface area contributed by atoms with Gasteiger partial charge in [0.05, 0.1) is 19.8 Å². The highest BCUT2D eigenvalue weighted by atomic mass is 127. The van der Waals surface area contributed by atoms with E-state index in [9.17, 15) is 0 Å². The quantitative estimate of drug-likeness (QED) is 0.233. The number of halogens is 1. The average Bonchev–Trinajstić information content (AvgIpc) is 2.76. The van der Waals surface area contributed by atoms with Gasteiger partial charge < -0.3 is 20.3 Å². The Balaban J connectivity index is 0.00000320. The van der Waals surface area contributed by atoms with Crippen molar-refractivity contribution in [1.29, 1.82) is 0 Å². The van der Waals surface area contributed by atoms with Gasteiger partial charge in [0.2, 0.25) is 0 Å². The van der Waals surface area contributed by atoms with Crippen LogP contribution >= 0.6 is 24.0 Å². The minimum absolute atomic E-state index is 0. The Morgan fingerprint density at radius 2 is 1.93 bits per heavy atom. The molecule has 2 aliphatic rings. The lowest BCUT2D eigenvalue weighted by atomic mass is 9.99. The van der Waals surface area contributed by atoms with Gasteiger partial charge in [-0.25, -0.2) is 9.98 Å². The largest absolute Gasteiger partial charge is 0.379 e. The van der Waals surface area contributed by atoms with Gasteiger partial charge in [0.1, 0.15) is 5.82 Å². The standard InChI is InChI=1S/C22H38N6O.HI/c1-3-23-22(24-9-4-10-27-13-15-29-16-14-27)26-18-20-5-6-21(25-17-20)28-11-7-19(2)8-12-28;/h5-6,17,19H,3-4,7-16,18H2,1-2H3,(H2,23,24,26);1H. The van der Waals surface area contributed by atoms with Crippen molar-refractivity contribution in [3.63, 3.8) is 0 Å². The molecule has 2 fully saturated rings. The van der Waals surface area contributed by atoms with E-state index in [0.29, 0.717) is 6.54 Å². The average molecular weight is 530 g/mol. The Labute approximate surface area is 199 Å². The van der Waals surface area contributed by atoms with E-state index in [1.54, 1.807) is 0 Å². The molecule has 1 aromatic heterocycles. The van der Waals surface area contributed by atoms with Gasteiger partial charge in [-0.2, -0.15) is 0 Å². The highest BCUT2D eigenvalue weighted by Crippen LogP contribution is 2.21. The van der Waals surface area contributed by atoms with E-state index in [-0.39, 0.29) is 24.0 Å². The first-order valence-corrected chi connectivity index (χ1v) is 11.3. The van der Waals surface area contributed by atoms with Gasteiger partial charge in [0.15, 0.2) is 5.96 Å². The van der Waals surface area contributed by atoms with Crippen molar-refractivity contribution < 1.29 is 4.74 Å². The summed E-state index contributed by atoms with van der Waals surface area (Å²) in [5.41, 5.74) is 1.14. The van der Waals surface area contributed by atoms with Crippen molar-refractivity contribution >= 4 is 35.8 Å². The van der Waals surface area contributed by atoms with E-state index in [2.05, 4.69) is 51.4 Å². The molecule has 0 saturated carbocycles. The first kappa shape index (κ1) is 25.1. The monoisotopic (exact) mass is 530 g/mol. The zero-order chi connectivity index (χ0) is 20.3. The van der Waals surface area contributed by atoms with Gasteiger partial charge in [-0.05, 0) is 50.3 Å². The van der Waals surface area contributed by atoms with Crippen LogP contribution in [0.1, 0.15) is 38.7 Å². The molecule has 7 nitrogen and oxygen atoms in total. The number of hydrogen-bond donors (Lipinski definition) is 2. The number of rotatable bonds is 8. The van der Waals surface area contributed by atoms with Gasteiger partial charge in [-0.3, -0.25) is 4.90 Å². The number of pyridine rings is 1. The van der Waals surface area contributed by atoms with Crippen molar-refractivity contribution in [1.82, 2.24) is 20.5 Å². The van der Waals surface area contributed by atoms with E-state index < -0.39 is 0 Å². The van der Waals surface area contributed by atoms with E-state index in [0.717, 1.165) is 88.7 Å². The maximum Gasteiger partial charge on any atom is 0.191 e. The number of morpholine rings is 1. The van der Waals surface area contributed by atoms with Crippen LogP contribution in [0.5, 0.6) is 0 Å². The maximum atomic E-state index is 5.40. The molecule has 2 aliphatic heterocycles. The molecule has 3 rings (SSSR count). The van der Waals surface area contributed by atoms with Crippen molar-refractivity contribution in [2.24, 2.45) is 10.9 Å². The summed E-state index contributed by atoms with van der Waals surface area (Å²) in [7, 11) is 0. The predicted octanol–water partition coefficient (Wildman–Crippen LogP) is 2.71. The second-order valence-corrected chi connectivity index (χ2v) is 8.12. The lowest BCUT2D eigenvalue weighted by Gasteiger charge is -2.31.